The van der Waals surface area contributed by atoms with E-state index in [1.165, 1.54) is 6.42 Å². The van der Waals surface area contributed by atoms with Crippen LogP contribution in [0, 0.1) is 19.3 Å². The van der Waals surface area contributed by atoms with Crippen molar-refractivity contribution in [1.29, 1.82) is 0 Å². The van der Waals surface area contributed by atoms with Gasteiger partial charge in [0.25, 0.3) is 0 Å². The largest absolute Gasteiger partial charge is 0.355 e. The van der Waals surface area contributed by atoms with Crippen LogP contribution in [0.3, 0.4) is 0 Å². The normalized spacial score (nSPS) is 24.4. The van der Waals surface area contributed by atoms with Crippen LogP contribution in [0.5, 0.6) is 0 Å². The van der Waals surface area contributed by atoms with Gasteiger partial charge in [-0.1, -0.05) is 6.92 Å². The molecular weight excluding hydrogens is 212 g/mol. The molecule has 0 amide bonds. The SMILES string of the molecule is CNCC1(C)CCN(c2cnc(C)c(C)n2)C1. The van der Waals surface area contributed by atoms with Crippen molar-refractivity contribution in [2.75, 3.05) is 31.6 Å². The number of anilines is 1. The average molecular weight is 234 g/mol. The summed E-state index contributed by atoms with van der Waals surface area (Å²) in [6.07, 6.45) is 3.11. The fourth-order valence-corrected chi connectivity index (χ4v) is 2.47. The highest BCUT2D eigenvalue weighted by Gasteiger charge is 2.33. The summed E-state index contributed by atoms with van der Waals surface area (Å²) in [5, 5.41) is 3.28. The first kappa shape index (κ1) is 12.3. The first-order valence-electron chi connectivity index (χ1n) is 6.24. The molecule has 2 heterocycles. The van der Waals surface area contributed by atoms with E-state index in [0.717, 1.165) is 36.8 Å². The van der Waals surface area contributed by atoms with Crippen molar-refractivity contribution in [2.24, 2.45) is 5.41 Å². The van der Waals surface area contributed by atoms with Crippen molar-refractivity contribution in [3.05, 3.63) is 17.6 Å². The van der Waals surface area contributed by atoms with Crippen LogP contribution in [0.2, 0.25) is 0 Å². The van der Waals surface area contributed by atoms with Crippen molar-refractivity contribution in [1.82, 2.24) is 15.3 Å². The maximum Gasteiger partial charge on any atom is 0.147 e. The van der Waals surface area contributed by atoms with E-state index in [2.05, 4.69) is 27.1 Å². The van der Waals surface area contributed by atoms with E-state index in [1.54, 1.807) is 0 Å². The summed E-state index contributed by atoms with van der Waals surface area (Å²) in [4.78, 5) is 11.4. The van der Waals surface area contributed by atoms with Crippen molar-refractivity contribution < 1.29 is 0 Å². The van der Waals surface area contributed by atoms with Gasteiger partial charge in [-0.05, 0) is 32.7 Å². The van der Waals surface area contributed by atoms with Gasteiger partial charge in [0.05, 0.1) is 17.6 Å². The Bertz CT molecular complexity index is 404. The zero-order valence-electron chi connectivity index (χ0n) is 11.2. The van der Waals surface area contributed by atoms with Crippen LogP contribution in [-0.2, 0) is 0 Å². The highest BCUT2D eigenvalue weighted by Crippen LogP contribution is 2.31. The molecule has 17 heavy (non-hydrogen) atoms. The predicted octanol–water partition coefficient (Wildman–Crippen LogP) is 1.53. The third kappa shape index (κ3) is 2.57. The quantitative estimate of drug-likeness (QED) is 0.861. The molecule has 0 saturated carbocycles. The smallest absolute Gasteiger partial charge is 0.147 e. The monoisotopic (exact) mass is 234 g/mol. The molecule has 0 bridgehead atoms. The van der Waals surface area contributed by atoms with Crippen LogP contribution in [-0.4, -0.2) is 36.6 Å². The molecule has 1 fully saturated rings. The molecule has 1 N–H and O–H groups in total. The Morgan fingerprint density at radius 3 is 2.82 bits per heavy atom. The van der Waals surface area contributed by atoms with Crippen LogP contribution < -0.4 is 10.2 Å². The summed E-state index contributed by atoms with van der Waals surface area (Å²) >= 11 is 0. The van der Waals surface area contributed by atoms with E-state index < -0.39 is 0 Å². The minimum Gasteiger partial charge on any atom is -0.355 e. The van der Waals surface area contributed by atoms with Gasteiger partial charge in [0.2, 0.25) is 0 Å². The number of nitrogens with one attached hydrogen (secondary N) is 1. The summed E-state index contributed by atoms with van der Waals surface area (Å²) < 4.78 is 0. The summed E-state index contributed by atoms with van der Waals surface area (Å²) in [6, 6.07) is 0. The lowest BCUT2D eigenvalue weighted by Gasteiger charge is -2.24. The second-order valence-corrected chi connectivity index (χ2v) is 5.41. The number of rotatable bonds is 3. The van der Waals surface area contributed by atoms with Gasteiger partial charge in [0, 0.05) is 19.6 Å². The molecule has 1 aliphatic rings. The number of aromatic nitrogens is 2. The minimum atomic E-state index is 0.356. The predicted molar refractivity (Wildman–Crippen MR) is 70.4 cm³/mol. The molecule has 0 radical (unpaired) electrons. The zero-order chi connectivity index (χ0) is 12.5. The highest BCUT2D eigenvalue weighted by atomic mass is 15.2. The van der Waals surface area contributed by atoms with Gasteiger partial charge < -0.3 is 10.2 Å². The topological polar surface area (TPSA) is 41.0 Å². The van der Waals surface area contributed by atoms with E-state index >= 15 is 0 Å². The molecule has 0 aliphatic carbocycles. The lowest BCUT2D eigenvalue weighted by molar-refractivity contribution is 0.355. The van der Waals surface area contributed by atoms with E-state index in [9.17, 15) is 0 Å². The summed E-state index contributed by atoms with van der Waals surface area (Å²) in [7, 11) is 2.02. The van der Waals surface area contributed by atoms with Gasteiger partial charge in [0.15, 0.2) is 0 Å². The van der Waals surface area contributed by atoms with Gasteiger partial charge >= 0.3 is 0 Å². The van der Waals surface area contributed by atoms with Crippen LogP contribution in [0.1, 0.15) is 24.7 Å². The van der Waals surface area contributed by atoms with Gasteiger partial charge in [-0.25, -0.2) is 4.98 Å². The molecule has 1 unspecified atom stereocenters. The van der Waals surface area contributed by atoms with E-state index in [4.69, 9.17) is 0 Å². The fourth-order valence-electron chi connectivity index (χ4n) is 2.47. The minimum absolute atomic E-state index is 0.356. The maximum absolute atomic E-state index is 4.62. The summed E-state index contributed by atoms with van der Waals surface area (Å²) in [6.45, 7) is 9.55. The average Bonchev–Trinajstić information content (AvgIpc) is 2.65. The third-order valence-corrected chi connectivity index (χ3v) is 3.66. The van der Waals surface area contributed by atoms with Gasteiger partial charge in [-0.2, -0.15) is 0 Å². The second-order valence-electron chi connectivity index (χ2n) is 5.41. The molecule has 1 saturated heterocycles. The summed E-state index contributed by atoms with van der Waals surface area (Å²) in [5.74, 6) is 1.02. The number of hydrogen-bond acceptors (Lipinski definition) is 4. The maximum atomic E-state index is 4.62. The van der Waals surface area contributed by atoms with Gasteiger partial charge in [-0.3, -0.25) is 4.98 Å². The Morgan fingerprint density at radius 1 is 1.41 bits per heavy atom. The standard InChI is InChI=1S/C13H22N4/c1-10-11(2)16-12(7-15-10)17-6-5-13(3,9-17)8-14-4/h7,14H,5-6,8-9H2,1-4H3. The second kappa shape index (κ2) is 4.61. The van der Waals surface area contributed by atoms with Crippen molar-refractivity contribution in [3.63, 3.8) is 0 Å². The fraction of sp³-hybridized carbons (Fsp3) is 0.692. The van der Waals surface area contributed by atoms with Crippen molar-refractivity contribution in [2.45, 2.75) is 27.2 Å². The van der Waals surface area contributed by atoms with Crippen LogP contribution in [0.4, 0.5) is 5.82 Å². The Balaban J connectivity index is 2.12. The molecule has 0 spiro atoms. The lowest BCUT2D eigenvalue weighted by Crippen LogP contribution is -2.33. The van der Waals surface area contributed by atoms with E-state index in [0.29, 0.717) is 5.41 Å². The number of aryl methyl sites for hydroxylation is 2. The molecule has 1 aliphatic heterocycles. The number of hydrogen-bond donors (Lipinski definition) is 1. The highest BCUT2D eigenvalue weighted by molar-refractivity contribution is 5.39. The molecule has 1 aromatic heterocycles. The Morgan fingerprint density at radius 2 is 2.18 bits per heavy atom. The van der Waals surface area contributed by atoms with Crippen molar-refractivity contribution in [3.8, 4) is 0 Å². The Labute approximate surface area is 103 Å². The van der Waals surface area contributed by atoms with Crippen LogP contribution in [0.25, 0.3) is 0 Å². The first-order valence-corrected chi connectivity index (χ1v) is 6.24. The van der Waals surface area contributed by atoms with E-state index in [1.807, 2.05) is 27.1 Å². The third-order valence-electron chi connectivity index (χ3n) is 3.66. The molecular formula is C13H22N4. The molecule has 4 nitrogen and oxygen atoms in total. The molecule has 2 rings (SSSR count). The van der Waals surface area contributed by atoms with Gasteiger partial charge in [0.1, 0.15) is 5.82 Å². The molecule has 1 aromatic rings. The molecule has 4 heteroatoms. The Kier molecular flexibility index (Phi) is 3.33. The number of nitrogens with zero attached hydrogens (tertiary/aromatic N) is 3. The van der Waals surface area contributed by atoms with Crippen LogP contribution in [0.15, 0.2) is 6.20 Å². The first-order chi connectivity index (χ1) is 8.04. The summed E-state index contributed by atoms with van der Waals surface area (Å²) in [5.41, 5.74) is 2.41. The van der Waals surface area contributed by atoms with Gasteiger partial charge in [-0.15, -0.1) is 0 Å². The molecule has 94 valence electrons. The molecule has 0 aromatic carbocycles. The Hall–Kier alpha value is -1.16. The van der Waals surface area contributed by atoms with E-state index in [-0.39, 0.29) is 0 Å². The lowest BCUT2D eigenvalue weighted by atomic mass is 9.90. The zero-order valence-corrected chi connectivity index (χ0v) is 11.2. The van der Waals surface area contributed by atoms with Crippen LogP contribution >= 0.6 is 0 Å². The molecule has 1 atom stereocenters. The van der Waals surface area contributed by atoms with Crippen molar-refractivity contribution >= 4 is 5.82 Å².